The number of aryl methyl sites for hydroxylation is 1. The van der Waals surface area contributed by atoms with Gasteiger partial charge >= 0.3 is 6.18 Å². The Labute approximate surface area is 250 Å². The van der Waals surface area contributed by atoms with Crippen LogP contribution in [0.1, 0.15) is 76.4 Å². The van der Waals surface area contributed by atoms with Crippen LogP contribution in [0, 0.1) is 0 Å². The number of benzene rings is 3. The normalized spacial score (nSPS) is 16.0. The van der Waals surface area contributed by atoms with E-state index in [0.29, 0.717) is 30.5 Å². The van der Waals surface area contributed by atoms with Crippen LogP contribution in [0.25, 0.3) is 0 Å². The summed E-state index contributed by atoms with van der Waals surface area (Å²) in [6.45, 7) is 2.69. The molecule has 0 bridgehead atoms. The molecule has 4 rings (SSSR count). The van der Waals surface area contributed by atoms with Gasteiger partial charge in [-0.3, -0.25) is 14.4 Å². The number of halogens is 3. The van der Waals surface area contributed by atoms with Gasteiger partial charge in [-0.15, -0.1) is 0 Å². The summed E-state index contributed by atoms with van der Waals surface area (Å²) in [6, 6.07) is 20.4. The van der Waals surface area contributed by atoms with E-state index in [1.54, 1.807) is 30.3 Å². The molecule has 1 unspecified atom stereocenters. The van der Waals surface area contributed by atoms with Crippen LogP contribution < -0.4 is 10.6 Å². The molecule has 1 fully saturated rings. The van der Waals surface area contributed by atoms with Gasteiger partial charge < -0.3 is 15.5 Å². The highest BCUT2D eigenvalue weighted by Crippen LogP contribution is 2.29. The third-order valence-corrected chi connectivity index (χ3v) is 7.87. The molecule has 0 aliphatic carbocycles. The van der Waals surface area contributed by atoms with Gasteiger partial charge in [-0.25, -0.2) is 0 Å². The van der Waals surface area contributed by atoms with Crippen LogP contribution in [0.2, 0.25) is 0 Å². The van der Waals surface area contributed by atoms with E-state index in [4.69, 9.17) is 0 Å². The van der Waals surface area contributed by atoms with Crippen molar-refractivity contribution in [3.63, 3.8) is 0 Å². The fourth-order valence-electron chi connectivity index (χ4n) is 5.47. The van der Waals surface area contributed by atoms with E-state index >= 15 is 0 Å². The molecule has 43 heavy (non-hydrogen) atoms. The second-order valence-corrected chi connectivity index (χ2v) is 11.0. The third-order valence-electron chi connectivity index (χ3n) is 7.87. The Morgan fingerprint density at radius 1 is 0.907 bits per heavy atom. The minimum absolute atomic E-state index is 0.0639. The van der Waals surface area contributed by atoms with Crippen LogP contribution >= 0.6 is 0 Å². The molecular weight excluding hydrogens is 555 g/mol. The van der Waals surface area contributed by atoms with Gasteiger partial charge in [-0.2, -0.15) is 13.2 Å². The molecule has 6 nitrogen and oxygen atoms in total. The first-order valence-corrected chi connectivity index (χ1v) is 14.8. The molecule has 2 amide bonds. The maximum Gasteiger partial charge on any atom is 0.416 e. The van der Waals surface area contributed by atoms with Crippen LogP contribution in [0.4, 0.5) is 13.2 Å². The average molecular weight is 594 g/mol. The third kappa shape index (κ3) is 9.00. The van der Waals surface area contributed by atoms with Gasteiger partial charge in [0.2, 0.25) is 0 Å². The number of rotatable bonds is 12. The van der Waals surface area contributed by atoms with Crippen molar-refractivity contribution in [1.82, 2.24) is 15.5 Å². The highest BCUT2D eigenvalue weighted by molar-refractivity contribution is 6.01. The minimum Gasteiger partial charge on any atom is -0.342 e. The predicted octanol–water partition coefficient (Wildman–Crippen LogP) is 6.20. The second kappa shape index (κ2) is 15.0. The molecule has 2 N–H and O–H groups in total. The zero-order valence-electron chi connectivity index (χ0n) is 24.3. The first-order chi connectivity index (χ1) is 20.7. The minimum atomic E-state index is -4.45. The lowest BCUT2D eigenvalue weighted by Gasteiger charge is -2.35. The van der Waals surface area contributed by atoms with Crippen LogP contribution in [0.15, 0.2) is 78.9 Å². The molecule has 3 aromatic rings. The van der Waals surface area contributed by atoms with Crippen LogP contribution in [-0.2, 0) is 23.9 Å². The Morgan fingerprint density at radius 3 is 2.37 bits per heavy atom. The highest BCUT2D eigenvalue weighted by atomic mass is 19.4. The molecule has 3 aromatic carbocycles. The summed E-state index contributed by atoms with van der Waals surface area (Å²) < 4.78 is 39.2. The number of Topliss-reactive ketones (excluding diaryl/α,β-unsaturated/α-hetero) is 1. The topological polar surface area (TPSA) is 78.5 Å². The summed E-state index contributed by atoms with van der Waals surface area (Å²) >= 11 is 0. The van der Waals surface area contributed by atoms with Gasteiger partial charge in [0.1, 0.15) is 0 Å². The molecule has 228 valence electrons. The summed E-state index contributed by atoms with van der Waals surface area (Å²) in [6.07, 6.45) is 0.315. The van der Waals surface area contributed by atoms with Gasteiger partial charge in [0.05, 0.1) is 18.2 Å². The largest absolute Gasteiger partial charge is 0.416 e. The monoisotopic (exact) mass is 593 g/mol. The fourth-order valence-corrected chi connectivity index (χ4v) is 5.47. The maximum absolute atomic E-state index is 13.4. The number of nitrogens with one attached hydrogen (secondary N) is 2. The number of hydrogen-bond donors (Lipinski definition) is 2. The van der Waals surface area contributed by atoms with Crippen molar-refractivity contribution in [2.45, 2.75) is 70.3 Å². The Hall–Kier alpha value is -3.98. The molecule has 1 aliphatic heterocycles. The Morgan fingerprint density at radius 2 is 1.63 bits per heavy atom. The fraction of sp³-hybridized carbons (Fsp3) is 0.382. The zero-order chi connectivity index (χ0) is 30.8. The second-order valence-electron chi connectivity index (χ2n) is 11.0. The van der Waals surface area contributed by atoms with E-state index < -0.39 is 23.7 Å². The van der Waals surface area contributed by atoms with Gasteiger partial charge in [-0.1, -0.05) is 61.5 Å². The van der Waals surface area contributed by atoms with Crippen molar-refractivity contribution in [1.29, 1.82) is 0 Å². The first-order valence-electron chi connectivity index (χ1n) is 14.8. The van der Waals surface area contributed by atoms with Crippen molar-refractivity contribution in [3.05, 3.63) is 107 Å². The van der Waals surface area contributed by atoms with E-state index in [0.717, 1.165) is 43.4 Å². The van der Waals surface area contributed by atoms with Crippen molar-refractivity contribution in [2.24, 2.45) is 0 Å². The van der Waals surface area contributed by atoms with Crippen molar-refractivity contribution < 1.29 is 27.6 Å². The number of hydrogen-bond acceptors (Lipinski definition) is 4. The summed E-state index contributed by atoms with van der Waals surface area (Å²) in [7, 11) is 0. The molecule has 0 spiro atoms. The molecule has 0 radical (unpaired) electrons. The Balaban J connectivity index is 1.43. The van der Waals surface area contributed by atoms with Gasteiger partial charge in [-0.05, 0) is 73.9 Å². The van der Waals surface area contributed by atoms with Crippen LogP contribution in [-0.4, -0.2) is 47.7 Å². The van der Waals surface area contributed by atoms with Gasteiger partial charge in [0.25, 0.3) is 11.8 Å². The lowest BCUT2D eigenvalue weighted by molar-refractivity contribution is -0.137. The van der Waals surface area contributed by atoms with Crippen LogP contribution in [0.5, 0.6) is 0 Å². The molecule has 9 heteroatoms. The van der Waals surface area contributed by atoms with Gasteiger partial charge in [0.15, 0.2) is 5.78 Å². The van der Waals surface area contributed by atoms with E-state index in [1.165, 1.54) is 6.07 Å². The molecule has 1 saturated heterocycles. The van der Waals surface area contributed by atoms with Crippen molar-refractivity contribution >= 4 is 17.6 Å². The van der Waals surface area contributed by atoms with Crippen LogP contribution in [0.3, 0.4) is 0 Å². The molecule has 0 aromatic heterocycles. The first kappa shape index (κ1) is 31.9. The van der Waals surface area contributed by atoms with E-state index in [1.807, 2.05) is 35.2 Å². The number of likely N-dealkylation sites (tertiary alicyclic amines) is 1. The summed E-state index contributed by atoms with van der Waals surface area (Å²) in [5.74, 6) is -0.857. The highest BCUT2D eigenvalue weighted by Gasteiger charge is 2.30. The van der Waals surface area contributed by atoms with E-state index in [9.17, 15) is 27.6 Å². The number of ketones is 1. The van der Waals surface area contributed by atoms with E-state index in [2.05, 4.69) is 17.6 Å². The molecule has 1 heterocycles. The predicted molar refractivity (Wildman–Crippen MR) is 160 cm³/mol. The molecule has 1 aliphatic rings. The number of carbonyl (C=O) groups excluding carboxylic acids is 3. The lowest BCUT2D eigenvalue weighted by atomic mass is 9.98. The zero-order valence-corrected chi connectivity index (χ0v) is 24.3. The number of carbonyl (C=O) groups is 3. The number of amides is 2. The molecule has 0 saturated carbocycles. The standard InChI is InChI=1S/C34H38F3N3O3/c1-2-29-16-6-7-19-40(29)33(43)27-14-9-13-26(21-27)32(42)39-30(18-17-24-10-4-3-5-11-24)31(41)23-38-22-25-12-8-15-28(20-25)34(35,36)37/h3-5,8-15,20-21,29-30,38H,2,6-7,16-19,22-23H2,1H3,(H,39,42)/t29?,30-/m0/s1. The lowest BCUT2D eigenvalue weighted by Crippen LogP contribution is -2.45. The SMILES string of the molecule is CCC1CCCCN1C(=O)c1cccc(C(=O)N[C@@H](CCc2ccccc2)C(=O)CNCc2cccc(C(F)(F)F)c2)c1. The quantitative estimate of drug-likeness (QED) is 0.262. The number of piperidine rings is 1. The summed E-state index contributed by atoms with van der Waals surface area (Å²) in [4.78, 5) is 41.8. The Bertz CT molecular complexity index is 1390. The Kier molecular flexibility index (Phi) is 11.1. The average Bonchev–Trinajstić information content (AvgIpc) is 3.02. The smallest absolute Gasteiger partial charge is 0.342 e. The number of alkyl halides is 3. The van der Waals surface area contributed by atoms with Crippen molar-refractivity contribution in [3.8, 4) is 0 Å². The van der Waals surface area contributed by atoms with E-state index in [-0.39, 0.29) is 36.4 Å². The number of nitrogens with zero attached hydrogens (tertiary/aromatic N) is 1. The maximum atomic E-state index is 13.4. The summed E-state index contributed by atoms with van der Waals surface area (Å²) in [5, 5.41) is 5.77. The summed E-state index contributed by atoms with van der Waals surface area (Å²) in [5.41, 5.74) is 1.37. The van der Waals surface area contributed by atoms with Gasteiger partial charge in [0, 0.05) is 30.3 Å². The molecule has 2 atom stereocenters. The molecular formula is C34H38F3N3O3. The van der Waals surface area contributed by atoms with Crippen molar-refractivity contribution in [2.75, 3.05) is 13.1 Å².